The van der Waals surface area contributed by atoms with E-state index in [-0.39, 0.29) is 30.0 Å². The van der Waals surface area contributed by atoms with E-state index >= 15 is 0 Å². The van der Waals surface area contributed by atoms with Crippen LogP contribution < -0.4 is 15.9 Å². The van der Waals surface area contributed by atoms with Gasteiger partial charge >= 0.3 is 0 Å². The summed E-state index contributed by atoms with van der Waals surface area (Å²) in [4.78, 5) is 34.8. The molecule has 0 fully saturated rings. The highest BCUT2D eigenvalue weighted by atomic mass is 35.5. The highest BCUT2D eigenvalue weighted by molar-refractivity contribution is 6.31. The maximum atomic E-state index is 14.3. The normalized spacial score (nSPS) is 18.5. The first-order chi connectivity index (χ1) is 19.3. The molecule has 1 N–H and O–H groups in total. The third kappa shape index (κ3) is 5.29. The van der Waals surface area contributed by atoms with Gasteiger partial charge in [-0.05, 0) is 38.0 Å². The predicted octanol–water partition coefficient (Wildman–Crippen LogP) is 3.84. The lowest BCUT2D eigenvalue weighted by atomic mass is 9.96. The summed E-state index contributed by atoms with van der Waals surface area (Å²) in [6, 6.07) is 4.32. The van der Waals surface area contributed by atoms with E-state index in [1.54, 1.807) is 12.3 Å². The summed E-state index contributed by atoms with van der Waals surface area (Å²) >= 11 is 6.39. The molecule has 39 heavy (non-hydrogen) atoms. The van der Waals surface area contributed by atoms with Gasteiger partial charge in [-0.25, -0.2) is 13.8 Å². The van der Waals surface area contributed by atoms with Gasteiger partial charge in [-0.15, -0.1) is 0 Å². The van der Waals surface area contributed by atoms with Crippen LogP contribution in [0.15, 0.2) is 63.0 Å². The van der Waals surface area contributed by atoms with Gasteiger partial charge in [0.1, 0.15) is 34.7 Å². The maximum absolute atomic E-state index is 14.3. The summed E-state index contributed by atoms with van der Waals surface area (Å²) in [7, 11) is 0. The molecule has 0 saturated carbocycles. The molecule has 5 rings (SSSR count). The van der Waals surface area contributed by atoms with Crippen molar-refractivity contribution >= 4 is 17.4 Å². The Hall–Kier alpha value is -3.67. The lowest BCUT2D eigenvalue weighted by Crippen LogP contribution is -2.39. The molecule has 2 aliphatic rings. The molecule has 0 unspecified atom stereocenters. The van der Waals surface area contributed by atoms with E-state index < -0.39 is 51.7 Å². The summed E-state index contributed by atoms with van der Waals surface area (Å²) in [5.74, 6) is -2.32. The van der Waals surface area contributed by atoms with Gasteiger partial charge in [0.2, 0.25) is 0 Å². The summed E-state index contributed by atoms with van der Waals surface area (Å²) in [6.45, 7) is 0.338. The Morgan fingerprint density at radius 3 is 2.85 bits per heavy atom. The number of aliphatic hydroxyl groups is 1. The van der Waals surface area contributed by atoms with E-state index in [4.69, 9.17) is 23.8 Å². The Balaban J connectivity index is 1.56. The average Bonchev–Trinajstić information content (AvgIpc) is 2.87. The molecule has 0 saturated heterocycles. The van der Waals surface area contributed by atoms with Crippen LogP contribution in [-0.4, -0.2) is 31.7 Å². The van der Waals surface area contributed by atoms with Crippen molar-refractivity contribution < 1.29 is 26.1 Å². The number of rotatable bonds is 4. The minimum atomic E-state index is -2.91. The fourth-order valence-electron chi connectivity index (χ4n) is 4.52. The fourth-order valence-corrected chi connectivity index (χ4v) is 4.71. The van der Waals surface area contributed by atoms with Crippen molar-refractivity contribution in [3.05, 3.63) is 103 Å². The Bertz CT molecular complexity index is 1720. The van der Waals surface area contributed by atoms with Crippen LogP contribution in [0.4, 0.5) is 8.78 Å². The number of nitrogens with zero attached hydrogens (tertiary/aromatic N) is 4. The second-order valence-electron chi connectivity index (χ2n) is 9.61. The SMILES string of the molecule is [2H]C([2H])(Oc1cc2n(c(=O)c1Cl)[C@@H]1CC(n3cccc(C(C)(C)O)c3=O)=NC=C1CCOC2)c1ncc(F)cc1F. The zero-order valence-electron chi connectivity index (χ0n) is 23.0. The number of halogens is 3. The van der Waals surface area contributed by atoms with E-state index in [1.807, 2.05) is 0 Å². The summed E-state index contributed by atoms with van der Waals surface area (Å²) in [6.07, 6.45) is 4.30. The number of hydrogen-bond donors (Lipinski definition) is 1. The molecule has 3 aromatic heterocycles. The number of hydrogen-bond acceptors (Lipinski definition) is 7. The molecule has 204 valence electrons. The summed E-state index contributed by atoms with van der Waals surface area (Å²) < 4.78 is 57.7. The quantitative estimate of drug-likeness (QED) is 0.519. The first kappa shape index (κ1) is 24.4. The van der Waals surface area contributed by atoms with Crippen molar-refractivity contribution in [1.29, 1.82) is 0 Å². The third-order valence-corrected chi connectivity index (χ3v) is 6.81. The van der Waals surface area contributed by atoms with Crippen molar-refractivity contribution in [1.82, 2.24) is 14.1 Å². The predicted molar refractivity (Wildman–Crippen MR) is 139 cm³/mol. The van der Waals surface area contributed by atoms with E-state index in [0.29, 0.717) is 31.1 Å². The third-order valence-electron chi connectivity index (χ3n) is 6.46. The zero-order valence-corrected chi connectivity index (χ0v) is 21.7. The van der Waals surface area contributed by atoms with E-state index in [1.165, 1.54) is 41.3 Å². The molecule has 5 heterocycles. The summed E-state index contributed by atoms with van der Waals surface area (Å²) in [5, 5.41) is 9.95. The van der Waals surface area contributed by atoms with E-state index in [2.05, 4.69) is 9.98 Å². The van der Waals surface area contributed by atoms with Crippen molar-refractivity contribution in [3.63, 3.8) is 0 Å². The van der Waals surface area contributed by atoms with Gasteiger partial charge < -0.3 is 19.1 Å². The highest BCUT2D eigenvalue weighted by Gasteiger charge is 2.30. The minimum absolute atomic E-state index is 0.0562. The second-order valence-corrected chi connectivity index (χ2v) is 9.98. The van der Waals surface area contributed by atoms with Crippen LogP contribution in [0.25, 0.3) is 0 Å². The molecule has 0 spiro atoms. The number of ether oxygens (including phenoxy) is 2. The Labute approximate surface area is 229 Å². The molecule has 0 aliphatic carbocycles. The molecule has 0 radical (unpaired) electrons. The van der Waals surface area contributed by atoms with Crippen LogP contribution in [0.2, 0.25) is 5.02 Å². The van der Waals surface area contributed by atoms with Gasteiger partial charge in [0, 0.05) is 36.5 Å². The first-order valence-corrected chi connectivity index (χ1v) is 12.4. The largest absolute Gasteiger partial charge is 0.485 e. The molecule has 0 bridgehead atoms. The molecule has 2 aliphatic heterocycles. The van der Waals surface area contributed by atoms with Crippen LogP contribution in [0.5, 0.6) is 5.75 Å². The van der Waals surface area contributed by atoms with Crippen LogP contribution in [-0.2, 0) is 23.5 Å². The molecule has 1 atom stereocenters. The zero-order chi connectivity index (χ0) is 29.7. The van der Waals surface area contributed by atoms with Crippen LogP contribution >= 0.6 is 11.6 Å². The standard InChI is InChI=1S/C27H25ClF2N4O5/c1-27(2,37)18-4-3-6-33(25(18)35)23-10-21-15(11-32-23)5-7-38-13-17-9-22(24(28)26(36)34(17)21)39-14-20-19(30)8-16(29)12-31-20/h3-4,6,8-9,11-12,21,37H,5,7,10,13-14H2,1-2H3/t21-/m1/s1/i14D2. The van der Waals surface area contributed by atoms with Gasteiger partial charge in [-0.3, -0.25) is 19.1 Å². The molecule has 3 aromatic rings. The molecular weight excluding hydrogens is 534 g/mol. The fraction of sp³-hybridized carbons (Fsp3) is 0.333. The molecule has 0 aromatic carbocycles. The van der Waals surface area contributed by atoms with Gasteiger partial charge in [0.05, 0.1) is 39.5 Å². The number of aliphatic imine (C=N–C) groups is 1. The lowest BCUT2D eigenvalue weighted by molar-refractivity contribution is 0.0768. The van der Waals surface area contributed by atoms with Crippen molar-refractivity contribution in [2.45, 2.75) is 51.5 Å². The topological polar surface area (TPSA) is 108 Å². The van der Waals surface area contributed by atoms with Gasteiger partial charge in [-0.1, -0.05) is 11.6 Å². The lowest BCUT2D eigenvalue weighted by Gasteiger charge is -2.31. The average molecular weight is 561 g/mol. The highest BCUT2D eigenvalue weighted by Crippen LogP contribution is 2.34. The van der Waals surface area contributed by atoms with Gasteiger partial charge in [0.15, 0.2) is 5.82 Å². The van der Waals surface area contributed by atoms with Crippen LogP contribution in [0.1, 0.15) is 52.4 Å². The van der Waals surface area contributed by atoms with Crippen molar-refractivity contribution in [3.8, 4) is 5.75 Å². The number of aromatic nitrogens is 3. The Kier molecular flexibility index (Phi) is 6.55. The molecule has 0 amide bonds. The van der Waals surface area contributed by atoms with E-state index in [9.17, 15) is 23.5 Å². The first-order valence-electron chi connectivity index (χ1n) is 13.0. The maximum Gasteiger partial charge on any atom is 0.274 e. The second kappa shape index (κ2) is 10.5. The smallest absolute Gasteiger partial charge is 0.274 e. The molecule has 12 heteroatoms. The molecule has 9 nitrogen and oxygen atoms in total. The van der Waals surface area contributed by atoms with Gasteiger partial charge in [0.25, 0.3) is 11.1 Å². The Morgan fingerprint density at radius 2 is 2.10 bits per heavy atom. The monoisotopic (exact) mass is 560 g/mol. The van der Waals surface area contributed by atoms with Crippen LogP contribution in [0, 0.1) is 11.6 Å². The van der Waals surface area contributed by atoms with Gasteiger partial charge in [-0.2, -0.15) is 0 Å². The van der Waals surface area contributed by atoms with E-state index in [0.717, 1.165) is 5.57 Å². The summed E-state index contributed by atoms with van der Waals surface area (Å²) in [5.41, 5.74) is -2.21. The number of pyridine rings is 3. The number of fused-ring (bicyclic) bond motifs is 3. The van der Waals surface area contributed by atoms with Crippen molar-refractivity contribution in [2.24, 2.45) is 4.99 Å². The minimum Gasteiger partial charge on any atom is -0.485 e. The van der Waals surface area contributed by atoms with Crippen molar-refractivity contribution in [2.75, 3.05) is 6.61 Å². The Morgan fingerprint density at radius 1 is 1.31 bits per heavy atom. The molecular formula is C27H25ClF2N4O5. The van der Waals surface area contributed by atoms with Crippen LogP contribution in [0.3, 0.4) is 0 Å².